The molecule has 0 aromatic heterocycles. The van der Waals surface area contributed by atoms with Crippen molar-refractivity contribution in [3.05, 3.63) is 47.5 Å². The van der Waals surface area contributed by atoms with E-state index in [1.807, 2.05) is 44.2 Å². The molecule has 1 aliphatic rings. The van der Waals surface area contributed by atoms with Gasteiger partial charge in [0.2, 0.25) is 5.91 Å². The van der Waals surface area contributed by atoms with E-state index in [0.29, 0.717) is 25.9 Å². The van der Waals surface area contributed by atoms with Gasteiger partial charge in [0.15, 0.2) is 0 Å². The average Bonchev–Trinajstić information content (AvgIpc) is 2.47. The number of carboxylic acids is 1. The highest BCUT2D eigenvalue weighted by Crippen LogP contribution is 2.35. The molecule has 1 heterocycles. The molecule has 1 N–H and O–H groups in total. The van der Waals surface area contributed by atoms with Crippen LogP contribution in [-0.4, -0.2) is 35.0 Å². The van der Waals surface area contributed by atoms with Crippen molar-refractivity contribution in [2.24, 2.45) is 0 Å². The Balaban J connectivity index is 2.18. The Kier molecular flexibility index (Phi) is 4.46. The summed E-state index contributed by atoms with van der Waals surface area (Å²) in [6.45, 7) is 4.72. The van der Waals surface area contributed by atoms with Crippen molar-refractivity contribution >= 4 is 11.9 Å². The Labute approximate surface area is 125 Å². The van der Waals surface area contributed by atoms with Crippen LogP contribution in [0.25, 0.3) is 0 Å². The van der Waals surface area contributed by atoms with Crippen LogP contribution in [0.2, 0.25) is 0 Å². The van der Waals surface area contributed by atoms with E-state index in [1.54, 1.807) is 11.0 Å². The molecule has 1 saturated heterocycles. The van der Waals surface area contributed by atoms with Gasteiger partial charge in [0.25, 0.3) is 0 Å². The molecule has 0 bridgehead atoms. The Bertz CT molecular complexity index is 551. The fourth-order valence-corrected chi connectivity index (χ4v) is 2.83. The molecule has 2 rings (SSSR count). The van der Waals surface area contributed by atoms with Crippen molar-refractivity contribution in [1.29, 1.82) is 0 Å². The van der Waals surface area contributed by atoms with Crippen LogP contribution in [0.1, 0.15) is 32.3 Å². The zero-order chi connectivity index (χ0) is 15.5. The zero-order valence-corrected chi connectivity index (χ0v) is 12.5. The van der Waals surface area contributed by atoms with Gasteiger partial charge in [-0.3, -0.25) is 9.59 Å². The molecule has 4 heteroatoms. The number of carboxylic acid groups (broad SMARTS) is 1. The summed E-state index contributed by atoms with van der Waals surface area (Å²) in [6.07, 6.45) is 2.51. The first-order chi connectivity index (χ1) is 9.95. The number of amides is 1. The van der Waals surface area contributed by atoms with Crippen molar-refractivity contribution in [2.75, 3.05) is 13.1 Å². The standard InChI is InChI=1S/C17H21NO3/c1-13(2)12-15(19)18-10-8-17(9-11-18,16(20)21)14-6-4-3-5-7-14/h3-7,12H,8-11H2,1-2H3,(H,20,21). The molecule has 4 nitrogen and oxygen atoms in total. The number of hydrogen-bond acceptors (Lipinski definition) is 2. The summed E-state index contributed by atoms with van der Waals surface area (Å²) in [5.74, 6) is -0.829. The second-order valence-electron chi connectivity index (χ2n) is 5.80. The van der Waals surface area contributed by atoms with Crippen LogP contribution in [0.15, 0.2) is 42.0 Å². The normalized spacial score (nSPS) is 17.1. The number of nitrogens with zero attached hydrogens (tertiary/aromatic N) is 1. The van der Waals surface area contributed by atoms with Crippen molar-refractivity contribution in [1.82, 2.24) is 4.90 Å². The topological polar surface area (TPSA) is 57.6 Å². The van der Waals surface area contributed by atoms with E-state index in [-0.39, 0.29) is 5.91 Å². The first kappa shape index (κ1) is 15.3. The van der Waals surface area contributed by atoms with Crippen LogP contribution in [-0.2, 0) is 15.0 Å². The first-order valence-corrected chi connectivity index (χ1v) is 7.18. The van der Waals surface area contributed by atoms with Crippen molar-refractivity contribution in [3.63, 3.8) is 0 Å². The molecule has 0 atom stereocenters. The predicted molar refractivity (Wildman–Crippen MR) is 81.0 cm³/mol. The number of hydrogen-bond donors (Lipinski definition) is 1. The van der Waals surface area contributed by atoms with Gasteiger partial charge in [0.1, 0.15) is 0 Å². The molecule has 1 aromatic rings. The lowest BCUT2D eigenvalue weighted by Gasteiger charge is -2.39. The molecular formula is C17H21NO3. The highest BCUT2D eigenvalue weighted by molar-refractivity contribution is 5.89. The molecule has 0 spiro atoms. The van der Waals surface area contributed by atoms with Crippen LogP contribution < -0.4 is 0 Å². The number of carbonyl (C=O) groups excluding carboxylic acids is 1. The van der Waals surface area contributed by atoms with Crippen LogP contribution in [0.3, 0.4) is 0 Å². The molecule has 1 fully saturated rings. The largest absolute Gasteiger partial charge is 0.481 e. The summed E-state index contributed by atoms with van der Waals surface area (Å²) in [4.78, 5) is 25.6. The maximum Gasteiger partial charge on any atom is 0.314 e. The minimum atomic E-state index is -0.872. The van der Waals surface area contributed by atoms with Gasteiger partial charge in [0.05, 0.1) is 5.41 Å². The van der Waals surface area contributed by atoms with Gasteiger partial charge in [-0.05, 0) is 32.3 Å². The lowest BCUT2D eigenvalue weighted by atomic mass is 9.73. The number of benzene rings is 1. The number of allylic oxidation sites excluding steroid dienone is 1. The van der Waals surface area contributed by atoms with Gasteiger partial charge < -0.3 is 10.0 Å². The number of likely N-dealkylation sites (tertiary alicyclic amines) is 1. The van der Waals surface area contributed by atoms with Gasteiger partial charge in [-0.25, -0.2) is 0 Å². The molecule has 1 aromatic carbocycles. The lowest BCUT2D eigenvalue weighted by molar-refractivity contribution is -0.147. The highest BCUT2D eigenvalue weighted by atomic mass is 16.4. The Morgan fingerprint density at radius 3 is 2.19 bits per heavy atom. The average molecular weight is 287 g/mol. The van der Waals surface area contributed by atoms with Gasteiger partial charge in [0, 0.05) is 19.2 Å². The van der Waals surface area contributed by atoms with Gasteiger partial charge in [-0.15, -0.1) is 0 Å². The SMILES string of the molecule is CC(C)=CC(=O)N1CCC(C(=O)O)(c2ccccc2)CC1. The minimum absolute atomic E-state index is 0.0259. The van der Waals surface area contributed by atoms with Crippen molar-refractivity contribution in [2.45, 2.75) is 32.1 Å². The van der Waals surface area contributed by atoms with Gasteiger partial charge in [-0.2, -0.15) is 0 Å². The minimum Gasteiger partial charge on any atom is -0.481 e. The van der Waals surface area contributed by atoms with E-state index < -0.39 is 11.4 Å². The highest BCUT2D eigenvalue weighted by Gasteiger charge is 2.43. The predicted octanol–water partition coefficient (Wildman–Crippen LogP) is 2.60. The summed E-state index contributed by atoms with van der Waals surface area (Å²) in [6, 6.07) is 9.33. The summed E-state index contributed by atoms with van der Waals surface area (Å²) >= 11 is 0. The first-order valence-electron chi connectivity index (χ1n) is 7.18. The maximum atomic E-state index is 12.0. The van der Waals surface area contributed by atoms with Crippen LogP contribution in [0.5, 0.6) is 0 Å². The second kappa shape index (κ2) is 6.12. The Morgan fingerprint density at radius 1 is 1.14 bits per heavy atom. The summed E-state index contributed by atoms with van der Waals surface area (Å²) < 4.78 is 0. The third-order valence-electron chi connectivity index (χ3n) is 4.08. The van der Waals surface area contributed by atoms with E-state index in [2.05, 4.69) is 0 Å². The van der Waals surface area contributed by atoms with Gasteiger partial charge in [-0.1, -0.05) is 35.9 Å². The fraction of sp³-hybridized carbons (Fsp3) is 0.412. The van der Waals surface area contributed by atoms with E-state index in [1.165, 1.54) is 0 Å². The quantitative estimate of drug-likeness (QED) is 0.869. The van der Waals surface area contributed by atoms with Crippen LogP contribution in [0.4, 0.5) is 0 Å². The molecule has 0 unspecified atom stereocenters. The van der Waals surface area contributed by atoms with E-state index in [0.717, 1.165) is 11.1 Å². The maximum absolute atomic E-state index is 12.0. The van der Waals surface area contributed by atoms with Crippen LogP contribution in [0, 0.1) is 0 Å². The number of rotatable bonds is 3. The van der Waals surface area contributed by atoms with E-state index >= 15 is 0 Å². The van der Waals surface area contributed by atoms with Gasteiger partial charge >= 0.3 is 5.97 Å². The summed E-state index contributed by atoms with van der Waals surface area (Å²) in [5, 5.41) is 9.70. The number of piperidine rings is 1. The smallest absolute Gasteiger partial charge is 0.314 e. The fourth-order valence-electron chi connectivity index (χ4n) is 2.83. The molecule has 1 aliphatic heterocycles. The molecule has 21 heavy (non-hydrogen) atoms. The number of carbonyl (C=O) groups is 2. The summed E-state index contributed by atoms with van der Waals surface area (Å²) in [5.41, 5.74) is 0.910. The van der Waals surface area contributed by atoms with Crippen molar-refractivity contribution in [3.8, 4) is 0 Å². The van der Waals surface area contributed by atoms with E-state index in [4.69, 9.17) is 0 Å². The second-order valence-corrected chi connectivity index (χ2v) is 5.80. The molecule has 0 aliphatic carbocycles. The molecule has 0 saturated carbocycles. The lowest BCUT2D eigenvalue weighted by Crippen LogP contribution is -2.48. The third kappa shape index (κ3) is 3.15. The molecule has 0 radical (unpaired) electrons. The van der Waals surface area contributed by atoms with Crippen molar-refractivity contribution < 1.29 is 14.7 Å². The monoisotopic (exact) mass is 287 g/mol. The molecular weight excluding hydrogens is 266 g/mol. The molecule has 1 amide bonds. The third-order valence-corrected chi connectivity index (χ3v) is 4.08. The summed E-state index contributed by atoms with van der Waals surface area (Å²) in [7, 11) is 0. The van der Waals surface area contributed by atoms with E-state index in [9.17, 15) is 14.7 Å². The molecule has 112 valence electrons. The Morgan fingerprint density at radius 2 is 1.71 bits per heavy atom. The number of aliphatic carboxylic acids is 1. The van der Waals surface area contributed by atoms with Crippen LogP contribution >= 0.6 is 0 Å². The Hall–Kier alpha value is -2.10. The zero-order valence-electron chi connectivity index (χ0n) is 12.5.